The van der Waals surface area contributed by atoms with E-state index in [0.717, 1.165) is 36.6 Å². The summed E-state index contributed by atoms with van der Waals surface area (Å²) in [6, 6.07) is 14.7. The van der Waals surface area contributed by atoms with E-state index in [4.69, 9.17) is 0 Å². The number of sulfonamides is 1. The Labute approximate surface area is 200 Å². The van der Waals surface area contributed by atoms with Gasteiger partial charge < -0.3 is 5.32 Å². The highest BCUT2D eigenvalue weighted by molar-refractivity contribution is 7.89. The van der Waals surface area contributed by atoms with Gasteiger partial charge in [-0.2, -0.15) is 4.31 Å². The predicted molar refractivity (Wildman–Crippen MR) is 135 cm³/mol. The molecule has 8 heteroatoms. The van der Waals surface area contributed by atoms with Crippen molar-refractivity contribution in [2.45, 2.75) is 56.9 Å². The Hall–Kier alpha value is -2.97. The van der Waals surface area contributed by atoms with Crippen LogP contribution in [0.5, 0.6) is 0 Å². The van der Waals surface area contributed by atoms with E-state index in [-0.39, 0.29) is 16.4 Å². The molecule has 180 valence electrons. The molecular weight excluding hydrogens is 450 g/mol. The SMILES string of the molecule is CCC(C(=O)Nc1ccc(S(=O)(=O)N2CCCCCC2)cc1)n1c(=O)cc(C)c2ccccc21. The quantitative estimate of drug-likeness (QED) is 0.563. The lowest BCUT2D eigenvalue weighted by atomic mass is 10.1. The lowest BCUT2D eigenvalue weighted by Crippen LogP contribution is -2.33. The van der Waals surface area contributed by atoms with Crippen LogP contribution in [0.15, 0.2) is 64.3 Å². The van der Waals surface area contributed by atoms with E-state index in [2.05, 4.69) is 5.32 Å². The molecule has 1 unspecified atom stereocenters. The van der Waals surface area contributed by atoms with Crippen molar-refractivity contribution >= 4 is 32.5 Å². The third-order valence-electron chi connectivity index (χ3n) is 6.49. The van der Waals surface area contributed by atoms with Gasteiger partial charge in [0.15, 0.2) is 0 Å². The number of nitrogens with zero attached hydrogens (tertiary/aromatic N) is 2. The van der Waals surface area contributed by atoms with Gasteiger partial charge in [-0.1, -0.05) is 38.0 Å². The topological polar surface area (TPSA) is 88.5 Å². The highest BCUT2D eigenvalue weighted by atomic mass is 32.2. The van der Waals surface area contributed by atoms with Crippen LogP contribution in [-0.4, -0.2) is 36.3 Å². The maximum Gasteiger partial charge on any atom is 0.252 e. The summed E-state index contributed by atoms with van der Waals surface area (Å²) in [5.74, 6) is -0.318. The van der Waals surface area contributed by atoms with Gasteiger partial charge in [-0.05, 0) is 62.1 Å². The molecule has 34 heavy (non-hydrogen) atoms. The number of carbonyl (C=O) groups excluding carboxylic acids is 1. The van der Waals surface area contributed by atoms with Gasteiger partial charge in [0.1, 0.15) is 6.04 Å². The first-order chi connectivity index (χ1) is 16.3. The van der Waals surface area contributed by atoms with E-state index < -0.39 is 16.1 Å². The first-order valence-electron chi connectivity index (χ1n) is 11.8. The van der Waals surface area contributed by atoms with Crippen LogP contribution >= 0.6 is 0 Å². The Morgan fingerprint density at radius 1 is 1.00 bits per heavy atom. The summed E-state index contributed by atoms with van der Waals surface area (Å²) in [5, 5.41) is 3.79. The van der Waals surface area contributed by atoms with E-state index in [9.17, 15) is 18.0 Å². The average molecular weight is 482 g/mol. The number of hydrogen-bond acceptors (Lipinski definition) is 4. The van der Waals surface area contributed by atoms with Gasteiger partial charge in [0.05, 0.1) is 10.4 Å². The molecule has 1 aliphatic heterocycles. The van der Waals surface area contributed by atoms with Crippen molar-refractivity contribution in [3.8, 4) is 0 Å². The van der Waals surface area contributed by atoms with Crippen LogP contribution in [0.2, 0.25) is 0 Å². The van der Waals surface area contributed by atoms with Crippen molar-refractivity contribution in [3.63, 3.8) is 0 Å². The minimum Gasteiger partial charge on any atom is -0.324 e. The number of benzene rings is 2. The summed E-state index contributed by atoms with van der Waals surface area (Å²) in [7, 11) is -3.55. The second-order valence-electron chi connectivity index (χ2n) is 8.81. The Kier molecular flexibility index (Phi) is 7.19. The zero-order chi connectivity index (χ0) is 24.3. The fourth-order valence-electron chi connectivity index (χ4n) is 4.64. The number of para-hydroxylation sites is 1. The second-order valence-corrected chi connectivity index (χ2v) is 10.7. The summed E-state index contributed by atoms with van der Waals surface area (Å²) >= 11 is 0. The first kappa shape index (κ1) is 24.2. The zero-order valence-corrected chi connectivity index (χ0v) is 20.5. The van der Waals surface area contributed by atoms with Gasteiger partial charge in [0, 0.05) is 30.2 Å². The molecule has 1 fully saturated rings. The van der Waals surface area contributed by atoms with Gasteiger partial charge in [0.2, 0.25) is 15.9 Å². The van der Waals surface area contributed by atoms with E-state index in [0.29, 0.717) is 30.7 Å². The molecule has 0 spiro atoms. The highest BCUT2D eigenvalue weighted by Crippen LogP contribution is 2.24. The smallest absolute Gasteiger partial charge is 0.252 e. The molecule has 7 nitrogen and oxygen atoms in total. The first-order valence-corrected chi connectivity index (χ1v) is 13.3. The van der Waals surface area contributed by atoms with Gasteiger partial charge in [0.25, 0.3) is 5.56 Å². The minimum absolute atomic E-state index is 0.222. The number of pyridine rings is 1. The van der Waals surface area contributed by atoms with Crippen LogP contribution < -0.4 is 10.9 Å². The number of aryl methyl sites for hydroxylation is 1. The number of anilines is 1. The summed E-state index contributed by atoms with van der Waals surface area (Å²) in [6.07, 6.45) is 4.28. The molecule has 0 radical (unpaired) electrons. The molecule has 3 aromatic rings. The van der Waals surface area contributed by atoms with Crippen LogP contribution in [0.3, 0.4) is 0 Å². The number of aromatic nitrogens is 1. The van der Waals surface area contributed by atoms with Gasteiger partial charge in [-0.25, -0.2) is 8.42 Å². The van der Waals surface area contributed by atoms with E-state index in [1.54, 1.807) is 22.5 Å². The van der Waals surface area contributed by atoms with Gasteiger partial charge in [-0.15, -0.1) is 0 Å². The van der Waals surface area contributed by atoms with Gasteiger partial charge in [-0.3, -0.25) is 14.2 Å². The van der Waals surface area contributed by atoms with E-state index >= 15 is 0 Å². The molecule has 1 saturated heterocycles. The van der Waals surface area contributed by atoms with Crippen LogP contribution in [0, 0.1) is 6.92 Å². The third-order valence-corrected chi connectivity index (χ3v) is 8.40. The maximum atomic E-state index is 13.2. The number of carbonyl (C=O) groups is 1. The number of hydrogen-bond donors (Lipinski definition) is 1. The lowest BCUT2D eigenvalue weighted by molar-refractivity contribution is -0.119. The van der Waals surface area contributed by atoms with Crippen LogP contribution in [-0.2, 0) is 14.8 Å². The van der Waals surface area contributed by atoms with Crippen molar-refractivity contribution in [1.29, 1.82) is 0 Å². The molecular formula is C26H31N3O4S. The molecule has 1 amide bonds. The Bertz CT molecular complexity index is 1340. The Morgan fingerprint density at radius 3 is 2.29 bits per heavy atom. The molecule has 0 bridgehead atoms. The normalized spacial score (nSPS) is 16.2. The summed E-state index contributed by atoms with van der Waals surface area (Å²) in [4.78, 5) is 26.3. The molecule has 1 atom stereocenters. The van der Waals surface area contributed by atoms with Crippen LogP contribution in [0.25, 0.3) is 10.9 Å². The predicted octanol–water partition coefficient (Wildman–Crippen LogP) is 4.46. The highest BCUT2D eigenvalue weighted by Gasteiger charge is 2.26. The van der Waals surface area contributed by atoms with Crippen molar-refractivity contribution < 1.29 is 13.2 Å². The molecule has 2 heterocycles. The molecule has 1 aromatic heterocycles. The molecule has 1 aliphatic rings. The Balaban J connectivity index is 1.57. The fourth-order valence-corrected chi connectivity index (χ4v) is 6.16. The average Bonchev–Trinajstić information content (AvgIpc) is 3.12. The van der Waals surface area contributed by atoms with E-state index in [1.165, 1.54) is 16.7 Å². The van der Waals surface area contributed by atoms with Crippen LogP contribution in [0.4, 0.5) is 5.69 Å². The largest absolute Gasteiger partial charge is 0.324 e. The molecule has 1 N–H and O–H groups in total. The third kappa shape index (κ3) is 4.79. The summed E-state index contributed by atoms with van der Waals surface area (Å²) in [6.45, 7) is 4.83. The van der Waals surface area contributed by atoms with Crippen molar-refractivity contribution in [3.05, 3.63) is 70.5 Å². The summed E-state index contributed by atoms with van der Waals surface area (Å²) in [5.41, 5.74) is 1.85. The number of rotatable bonds is 6. The fraction of sp³-hybridized carbons (Fsp3) is 0.385. The van der Waals surface area contributed by atoms with E-state index in [1.807, 2.05) is 38.1 Å². The molecule has 0 saturated carbocycles. The van der Waals surface area contributed by atoms with Gasteiger partial charge >= 0.3 is 0 Å². The van der Waals surface area contributed by atoms with Crippen LogP contribution in [0.1, 0.15) is 50.6 Å². The van der Waals surface area contributed by atoms with Crippen molar-refractivity contribution in [2.75, 3.05) is 18.4 Å². The number of nitrogens with one attached hydrogen (secondary N) is 1. The molecule has 0 aliphatic carbocycles. The lowest BCUT2D eigenvalue weighted by Gasteiger charge is -2.21. The zero-order valence-electron chi connectivity index (χ0n) is 19.7. The summed E-state index contributed by atoms with van der Waals surface area (Å²) < 4.78 is 29.1. The monoisotopic (exact) mass is 481 g/mol. The molecule has 4 rings (SSSR count). The standard InChI is InChI=1S/C26H31N3O4S/c1-3-23(29-24-11-7-6-10-22(24)19(2)18-25(29)30)26(31)27-20-12-14-21(15-13-20)34(32,33)28-16-8-4-5-9-17-28/h6-7,10-15,18,23H,3-5,8-9,16-17H2,1-2H3,(H,27,31). The molecule has 2 aromatic carbocycles. The maximum absolute atomic E-state index is 13.2. The number of fused-ring (bicyclic) bond motifs is 1. The van der Waals surface area contributed by atoms with Crippen molar-refractivity contribution in [1.82, 2.24) is 8.87 Å². The number of amides is 1. The Morgan fingerprint density at radius 2 is 1.65 bits per heavy atom. The van der Waals surface area contributed by atoms with Crippen molar-refractivity contribution in [2.24, 2.45) is 0 Å². The minimum atomic E-state index is -3.55. The second kappa shape index (κ2) is 10.1.